The number of carbonyl (C=O) groups is 2. The van der Waals surface area contributed by atoms with Crippen molar-refractivity contribution < 1.29 is 14.7 Å². The molecule has 21 heavy (non-hydrogen) atoms. The van der Waals surface area contributed by atoms with Crippen molar-refractivity contribution in [2.75, 3.05) is 52.4 Å². The van der Waals surface area contributed by atoms with E-state index in [0.717, 1.165) is 38.9 Å². The van der Waals surface area contributed by atoms with Crippen molar-refractivity contribution in [2.45, 2.75) is 19.3 Å². The minimum Gasteiger partial charge on any atom is -0.395 e. The van der Waals surface area contributed by atoms with Crippen LogP contribution in [0.25, 0.3) is 0 Å². The van der Waals surface area contributed by atoms with Gasteiger partial charge in [0.15, 0.2) is 0 Å². The molecule has 2 aliphatic rings. The van der Waals surface area contributed by atoms with Gasteiger partial charge in [-0.15, -0.1) is 0 Å². The topological polar surface area (TPSA) is 90.1 Å². The fourth-order valence-corrected chi connectivity index (χ4v) is 3.19. The van der Waals surface area contributed by atoms with E-state index < -0.39 is 6.03 Å². The van der Waals surface area contributed by atoms with E-state index in [9.17, 15) is 9.59 Å². The van der Waals surface area contributed by atoms with E-state index in [1.807, 2.05) is 4.90 Å². The van der Waals surface area contributed by atoms with Crippen LogP contribution >= 0.6 is 0 Å². The normalized spacial score (nSPS) is 24.7. The van der Waals surface area contributed by atoms with E-state index in [0.29, 0.717) is 26.2 Å². The second kappa shape index (κ2) is 7.61. The van der Waals surface area contributed by atoms with Crippen LogP contribution in [0.2, 0.25) is 0 Å². The molecule has 0 aromatic heterocycles. The molecule has 0 spiro atoms. The molecule has 0 aromatic carbocycles. The summed E-state index contributed by atoms with van der Waals surface area (Å²) in [6.07, 6.45) is 2.60. The van der Waals surface area contributed by atoms with E-state index in [4.69, 9.17) is 10.8 Å². The Labute approximate surface area is 125 Å². The summed E-state index contributed by atoms with van der Waals surface area (Å²) >= 11 is 0. The van der Waals surface area contributed by atoms with Crippen LogP contribution in [-0.4, -0.2) is 84.2 Å². The molecule has 120 valence electrons. The molecule has 2 fully saturated rings. The van der Waals surface area contributed by atoms with Crippen LogP contribution in [0, 0.1) is 5.92 Å². The van der Waals surface area contributed by atoms with Crippen LogP contribution < -0.4 is 5.73 Å². The number of hydrogen-bond acceptors (Lipinski definition) is 4. The molecule has 0 radical (unpaired) electrons. The summed E-state index contributed by atoms with van der Waals surface area (Å²) in [6, 6.07) is -0.433. The van der Waals surface area contributed by atoms with Gasteiger partial charge in [-0.25, -0.2) is 4.79 Å². The molecular formula is C14H26N4O3. The van der Waals surface area contributed by atoms with Crippen LogP contribution in [0.15, 0.2) is 0 Å². The zero-order chi connectivity index (χ0) is 15.2. The number of aliphatic hydroxyl groups is 1. The number of carbonyl (C=O) groups excluding carboxylic acids is 2. The van der Waals surface area contributed by atoms with Gasteiger partial charge in [-0.05, 0) is 25.8 Å². The van der Waals surface area contributed by atoms with Gasteiger partial charge in [0.25, 0.3) is 0 Å². The van der Waals surface area contributed by atoms with Gasteiger partial charge in [-0.1, -0.05) is 0 Å². The molecule has 0 saturated carbocycles. The van der Waals surface area contributed by atoms with Gasteiger partial charge in [0.05, 0.1) is 12.5 Å². The minimum absolute atomic E-state index is 0.115. The Morgan fingerprint density at radius 3 is 2.52 bits per heavy atom. The van der Waals surface area contributed by atoms with Crippen molar-refractivity contribution in [1.29, 1.82) is 0 Å². The van der Waals surface area contributed by atoms with Crippen molar-refractivity contribution >= 4 is 11.9 Å². The maximum atomic E-state index is 12.6. The minimum atomic E-state index is -0.433. The largest absolute Gasteiger partial charge is 0.395 e. The van der Waals surface area contributed by atoms with Crippen molar-refractivity contribution in [3.05, 3.63) is 0 Å². The van der Waals surface area contributed by atoms with Crippen molar-refractivity contribution in [3.8, 4) is 0 Å². The van der Waals surface area contributed by atoms with Gasteiger partial charge in [0.1, 0.15) is 0 Å². The summed E-state index contributed by atoms with van der Waals surface area (Å²) < 4.78 is 0. The summed E-state index contributed by atoms with van der Waals surface area (Å²) in [6.45, 7) is 5.11. The lowest BCUT2D eigenvalue weighted by Crippen LogP contribution is -2.49. The van der Waals surface area contributed by atoms with Crippen LogP contribution in [0.3, 0.4) is 0 Å². The number of likely N-dealkylation sites (tertiary alicyclic amines) is 1. The first-order valence-electron chi connectivity index (χ1n) is 7.78. The molecule has 2 aliphatic heterocycles. The third-order valence-corrected chi connectivity index (χ3v) is 4.40. The fraction of sp³-hybridized carbons (Fsp3) is 0.857. The Morgan fingerprint density at radius 2 is 1.81 bits per heavy atom. The van der Waals surface area contributed by atoms with Crippen molar-refractivity contribution in [3.63, 3.8) is 0 Å². The predicted octanol–water partition coefficient (Wildman–Crippen LogP) is -0.696. The zero-order valence-corrected chi connectivity index (χ0v) is 12.5. The number of urea groups is 1. The highest BCUT2D eigenvalue weighted by Crippen LogP contribution is 2.19. The Kier molecular flexibility index (Phi) is 5.81. The van der Waals surface area contributed by atoms with E-state index in [1.165, 1.54) is 0 Å². The fourth-order valence-electron chi connectivity index (χ4n) is 3.19. The summed E-state index contributed by atoms with van der Waals surface area (Å²) in [4.78, 5) is 29.5. The summed E-state index contributed by atoms with van der Waals surface area (Å²) in [5, 5.41) is 9.00. The van der Waals surface area contributed by atoms with Gasteiger partial charge in [0, 0.05) is 39.3 Å². The second-order valence-corrected chi connectivity index (χ2v) is 5.87. The molecule has 7 nitrogen and oxygen atoms in total. The summed E-state index contributed by atoms with van der Waals surface area (Å²) in [7, 11) is 0. The monoisotopic (exact) mass is 298 g/mol. The number of hydrogen-bond donors (Lipinski definition) is 2. The number of aliphatic hydroxyl groups excluding tert-OH is 1. The first-order valence-corrected chi connectivity index (χ1v) is 7.78. The molecular weight excluding hydrogens is 272 g/mol. The quantitative estimate of drug-likeness (QED) is 0.721. The first-order chi connectivity index (χ1) is 10.1. The van der Waals surface area contributed by atoms with Crippen LogP contribution in [0.5, 0.6) is 0 Å². The highest BCUT2D eigenvalue weighted by atomic mass is 16.3. The van der Waals surface area contributed by atoms with Gasteiger partial charge < -0.3 is 20.6 Å². The maximum absolute atomic E-state index is 12.6. The molecule has 1 atom stereocenters. The van der Waals surface area contributed by atoms with Crippen LogP contribution in [0.1, 0.15) is 19.3 Å². The Bertz CT molecular complexity index is 377. The molecule has 0 aromatic rings. The predicted molar refractivity (Wildman–Crippen MR) is 78.6 cm³/mol. The van der Waals surface area contributed by atoms with Crippen LogP contribution in [-0.2, 0) is 4.79 Å². The van der Waals surface area contributed by atoms with Gasteiger partial charge in [-0.2, -0.15) is 0 Å². The van der Waals surface area contributed by atoms with E-state index >= 15 is 0 Å². The van der Waals surface area contributed by atoms with Gasteiger partial charge in [0.2, 0.25) is 5.91 Å². The molecule has 2 heterocycles. The van der Waals surface area contributed by atoms with Gasteiger partial charge in [-0.3, -0.25) is 9.69 Å². The smallest absolute Gasteiger partial charge is 0.314 e. The first kappa shape index (κ1) is 16.0. The SMILES string of the molecule is NC(=O)N1CCCC(C(=O)N2CCCN(CCO)CC2)C1. The Morgan fingerprint density at radius 1 is 1.05 bits per heavy atom. The zero-order valence-electron chi connectivity index (χ0n) is 12.5. The number of nitrogens with zero attached hydrogens (tertiary/aromatic N) is 3. The molecule has 1 unspecified atom stereocenters. The number of nitrogens with two attached hydrogens (primary N) is 1. The number of amides is 3. The molecule has 3 amide bonds. The molecule has 0 aliphatic carbocycles. The lowest BCUT2D eigenvalue weighted by Gasteiger charge is -2.33. The molecule has 0 bridgehead atoms. The van der Waals surface area contributed by atoms with Crippen molar-refractivity contribution in [2.24, 2.45) is 11.7 Å². The Hall–Kier alpha value is -1.34. The number of primary amides is 1. The van der Waals surface area contributed by atoms with Gasteiger partial charge >= 0.3 is 6.03 Å². The average molecular weight is 298 g/mol. The van der Waals surface area contributed by atoms with Crippen LogP contribution in [0.4, 0.5) is 4.79 Å². The third kappa shape index (κ3) is 4.31. The standard InChI is InChI=1S/C14H26N4O3/c15-14(21)18-5-1-3-12(11-18)13(20)17-6-2-4-16(7-8-17)9-10-19/h12,19H,1-11H2,(H2,15,21). The molecule has 3 N–H and O–H groups in total. The van der Waals surface area contributed by atoms with E-state index in [2.05, 4.69) is 4.90 Å². The highest BCUT2D eigenvalue weighted by molar-refractivity contribution is 5.80. The lowest BCUT2D eigenvalue weighted by atomic mass is 9.96. The van der Waals surface area contributed by atoms with Crippen molar-refractivity contribution in [1.82, 2.24) is 14.7 Å². The molecule has 2 saturated heterocycles. The summed E-state index contributed by atoms with van der Waals surface area (Å²) in [5.74, 6) is 0.0300. The number of piperidine rings is 1. The second-order valence-electron chi connectivity index (χ2n) is 5.87. The number of rotatable bonds is 3. The maximum Gasteiger partial charge on any atom is 0.314 e. The van der Waals surface area contributed by atoms with E-state index in [-0.39, 0.29) is 18.4 Å². The molecule has 2 rings (SSSR count). The third-order valence-electron chi connectivity index (χ3n) is 4.40. The highest BCUT2D eigenvalue weighted by Gasteiger charge is 2.31. The number of β-amino-alcohol motifs (C(OH)–C–C–N with tert-alkyl or cyclic N) is 1. The Balaban J connectivity index is 1.88. The summed E-state index contributed by atoms with van der Waals surface area (Å²) in [5.41, 5.74) is 5.32. The average Bonchev–Trinajstić information content (AvgIpc) is 2.73. The molecule has 7 heteroatoms. The lowest BCUT2D eigenvalue weighted by molar-refractivity contribution is -0.136. The van der Waals surface area contributed by atoms with E-state index in [1.54, 1.807) is 4.90 Å².